The van der Waals surface area contributed by atoms with Crippen molar-refractivity contribution < 1.29 is 18.9 Å². The number of pyridine rings is 1. The van der Waals surface area contributed by atoms with Crippen molar-refractivity contribution in [1.29, 1.82) is 0 Å². The third-order valence-electron chi connectivity index (χ3n) is 4.63. The number of anilines is 2. The second-order valence-corrected chi connectivity index (χ2v) is 6.64. The van der Waals surface area contributed by atoms with E-state index >= 15 is 0 Å². The van der Waals surface area contributed by atoms with Crippen molar-refractivity contribution >= 4 is 23.1 Å². The zero-order chi connectivity index (χ0) is 20.1. The second-order valence-electron chi connectivity index (χ2n) is 6.64. The molecule has 28 heavy (non-hydrogen) atoms. The number of hydrogen-bond donors (Lipinski definition) is 1. The summed E-state index contributed by atoms with van der Waals surface area (Å²) >= 11 is 0. The molecular weight excluding hydrogens is 352 g/mol. The molecule has 0 aliphatic carbocycles. The van der Waals surface area contributed by atoms with E-state index in [-0.39, 0.29) is 12.5 Å². The SMILES string of the molecule is CC(=O)c1ccc[n+](COC(=O)c2ccccc2Nc2cccc(C)c2C)c1. The molecule has 0 saturated carbocycles. The summed E-state index contributed by atoms with van der Waals surface area (Å²) in [7, 11) is 0. The number of para-hydroxylation sites is 1. The van der Waals surface area contributed by atoms with Gasteiger partial charge in [0.05, 0.1) is 16.8 Å². The minimum Gasteiger partial charge on any atom is -0.401 e. The van der Waals surface area contributed by atoms with Crippen LogP contribution in [0.4, 0.5) is 11.4 Å². The van der Waals surface area contributed by atoms with Gasteiger partial charge in [0.1, 0.15) is 0 Å². The average molecular weight is 375 g/mol. The molecule has 0 bridgehead atoms. The first-order valence-electron chi connectivity index (χ1n) is 9.05. The maximum atomic E-state index is 12.7. The van der Waals surface area contributed by atoms with Crippen molar-refractivity contribution in [3.05, 3.63) is 89.2 Å². The van der Waals surface area contributed by atoms with Crippen molar-refractivity contribution in [3.63, 3.8) is 0 Å². The van der Waals surface area contributed by atoms with Crippen LogP contribution in [0.15, 0.2) is 67.0 Å². The Hall–Kier alpha value is -3.47. The Morgan fingerprint density at radius 3 is 2.50 bits per heavy atom. The number of nitrogens with one attached hydrogen (secondary N) is 1. The number of Topliss-reactive ketones (excluding diaryl/α,β-unsaturated/α-hetero) is 1. The minimum atomic E-state index is -0.436. The molecule has 0 fully saturated rings. The fraction of sp³-hybridized carbons (Fsp3) is 0.174. The molecule has 0 spiro atoms. The molecule has 3 aromatic rings. The lowest BCUT2D eigenvalue weighted by molar-refractivity contribution is -0.727. The number of carbonyl (C=O) groups is 2. The maximum absolute atomic E-state index is 12.7. The van der Waals surface area contributed by atoms with Gasteiger partial charge in [0.2, 0.25) is 0 Å². The van der Waals surface area contributed by atoms with Gasteiger partial charge in [0.25, 0.3) is 6.73 Å². The molecule has 0 aliphatic heterocycles. The first-order chi connectivity index (χ1) is 13.5. The van der Waals surface area contributed by atoms with Crippen molar-refractivity contribution in [2.45, 2.75) is 27.5 Å². The molecule has 1 aromatic heterocycles. The van der Waals surface area contributed by atoms with Crippen LogP contribution in [0.25, 0.3) is 0 Å². The second kappa shape index (κ2) is 8.48. The van der Waals surface area contributed by atoms with Crippen LogP contribution in [-0.4, -0.2) is 11.8 Å². The number of carbonyl (C=O) groups excluding carboxylic acids is 2. The van der Waals surface area contributed by atoms with Gasteiger partial charge >= 0.3 is 5.97 Å². The fourth-order valence-corrected chi connectivity index (χ4v) is 2.82. The lowest BCUT2D eigenvalue weighted by atomic mass is 10.1. The zero-order valence-corrected chi connectivity index (χ0v) is 16.2. The van der Waals surface area contributed by atoms with Crippen molar-refractivity contribution in [2.24, 2.45) is 0 Å². The van der Waals surface area contributed by atoms with E-state index in [1.165, 1.54) is 12.5 Å². The molecule has 0 unspecified atom stereocenters. The first kappa shape index (κ1) is 19.3. The van der Waals surface area contributed by atoms with Crippen molar-refractivity contribution in [3.8, 4) is 0 Å². The molecule has 3 rings (SSSR count). The Labute approximate surface area is 164 Å². The molecule has 0 amide bonds. The molecule has 0 aliphatic rings. The van der Waals surface area contributed by atoms with Gasteiger partial charge in [-0.1, -0.05) is 24.3 Å². The van der Waals surface area contributed by atoms with Gasteiger partial charge in [-0.2, -0.15) is 4.57 Å². The van der Waals surface area contributed by atoms with E-state index in [2.05, 4.69) is 5.32 Å². The van der Waals surface area contributed by atoms with Crippen LogP contribution in [0.3, 0.4) is 0 Å². The number of esters is 1. The Balaban J connectivity index is 1.77. The number of benzene rings is 2. The third kappa shape index (κ3) is 4.43. The summed E-state index contributed by atoms with van der Waals surface area (Å²) in [5.41, 5.74) is 4.95. The smallest absolute Gasteiger partial charge is 0.345 e. The van der Waals surface area contributed by atoms with Gasteiger partial charge in [-0.15, -0.1) is 0 Å². The number of aryl methyl sites for hydroxylation is 1. The average Bonchev–Trinajstić information content (AvgIpc) is 2.70. The summed E-state index contributed by atoms with van der Waals surface area (Å²) in [6.45, 7) is 5.61. The van der Waals surface area contributed by atoms with Crippen LogP contribution in [0.2, 0.25) is 0 Å². The molecule has 5 nitrogen and oxygen atoms in total. The summed E-state index contributed by atoms with van der Waals surface area (Å²) in [5, 5.41) is 3.33. The summed E-state index contributed by atoms with van der Waals surface area (Å²) in [4.78, 5) is 24.2. The predicted molar refractivity (Wildman–Crippen MR) is 108 cm³/mol. The van der Waals surface area contributed by atoms with Crippen molar-refractivity contribution in [1.82, 2.24) is 0 Å². The Morgan fingerprint density at radius 2 is 1.71 bits per heavy atom. The van der Waals surface area contributed by atoms with Crippen LogP contribution in [-0.2, 0) is 11.5 Å². The molecule has 0 radical (unpaired) electrons. The highest BCUT2D eigenvalue weighted by Crippen LogP contribution is 2.25. The van der Waals surface area contributed by atoms with Gasteiger partial charge in [0.15, 0.2) is 18.2 Å². The number of aromatic nitrogens is 1. The molecule has 1 heterocycles. The monoisotopic (exact) mass is 375 g/mol. The molecule has 0 atom stereocenters. The first-order valence-corrected chi connectivity index (χ1v) is 9.05. The Morgan fingerprint density at radius 1 is 0.964 bits per heavy atom. The standard InChI is InChI=1S/C23H22N2O3/c1-16-8-6-12-21(17(16)2)24-22-11-5-4-10-20(22)23(27)28-15-25-13-7-9-19(14-25)18(3)26/h4-14H,15H2,1-3H3/p+1. The predicted octanol–water partition coefficient (Wildman–Crippen LogP) is 4.35. The van der Waals surface area contributed by atoms with E-state index < -0.39 is 5.97 Å². The van der Waals surface area contributed by atoms with E-state index in [4.69, 9.17) is 4.74 Å². The molecule has 1 N–H and O–H groups in total. The Bertz CT molecular complexity index is 1030. The summed E-state index contributed by atoms with van der Waals surface area (Å²) < 4.78 is 7.12. The Kier molecular flexibility index (Phi) is 5.84. The zero-order valence-electron chi connectivity index (χ0n) is 16.2. The van der Waals surface area contributed by atoms with E-state index in [1.807, 2.05) is 44.2 Å². The molecule has 142 valence electrons. The fourth-order valence-electron chi connectivity index (χ4n) is 2.82. The van der Waals surface area contributed by atoms with Crippen LogP contribution in [0.1, 0.15) is 38.8 Å². The lowest BCUT2D eigenvalue weighted by Crippen LogP contribution is -2.36. The van der Waals surface area contributed by atoms with Gasteiger partial charge in [-0.05, 0) is 56.2 Å². The maximum Gasteiger partial charge on any atom is 0.345 e. The van der Waals surface area contributed by atoms with E-state index in [0.29, 0.717) is 16.8 Å². The minimum absolute atomic E-state index is 0.0256. The van der Waals surface area contributed by atoms with E-state index in [9.17, 15) is 9.59 Å². The quantitative estimate of drug-likeness (QED) is 0.395. The summed E-state index contributed by atoms with van der Waals surface area (Å²) in [6.07, 6.45) is 3.41. The van der Waals surface area contributed by atoms with Crippen LogP contribution in [0, 0.1) is 13.8 Å². The number of ketones is 1. The van der Waals surface area contributed by atoms with Gasteiger partial charge < -0.3 is 10.1 Å². The largest absolute Gasteiger partial charge is 0.401 e. The highest BCUT2D eigenvalue weighted by molar-refractivity contribution is 5.96. The third-order valence-corrected chi connectivity index (χ3v) is 4.63. The van der Waals surface area contributed by atoms with Gasteiger partial charge in [0, 0.05) is 11.8 Å². The van der Waals surface area contributed by atoms with Crippen LogP contribution in [0.5, 0.6) is 0 Å². The lowest BCUT2D eigenvalue weighted by Gasteiger charge is -2.14. The number of ether oxygens (including phenoxy) is 1. The van der Waals surface area contributed by atoms with E-state index in [1.54, 1.807) is 41.2 Å². The summed E-state index contributed by atoms with van der Waals surface area (Å²) in [5.74, 6) is -0.474. The van der Waals surface area contributed by atoms with E-state index in [0.717, 1.165) is 11.3 Å². The normalized spacial score (nSPS) is 10.4. The molecule has 2 aromatic carbocycles. The highest BCUT2D eigenvalue weighted by Gasteiger charge is 2.16. The van der Waals surface area contributed by atoms with Crippen LogP contribution >= 0.6 is 0 Å². The van der Waals surface area contributed by atoms with Crippen LogP contribution < -0.4 is 9.88 Å². The molecule has 0 saturated heterocycles. The number of hydrogen-bond acceptors (Lipinski definition) is 4. The summed E-state index contributed by atoms with van der Waals surface area (Å²) in [6, 6.07) is 16.7. The molecular formula is C23H23N2O3+. The van der Waals surface area contributed by atoms with Gasteiger partial charge in [-0.3, -0.25) is 4.79 Å². The topological polar surface area (TPSA) is 59.3 Å². The number of nitrogens with zero attached hydrogens (tertiary/aromatic N) is 1. The number of rotatable bonds is 6. The molecule has 5 heteroatoms. The van der Waals surface area contributed by atoms with Gasteiger partial charge in [-0.25, -0.2) is 4.79 Å². The van der Waals surface area contributed by atoms with Crippen molar-refractivity contribution in [2.75, 3.05) is 5.32 Å². The highest BCUT2D eigenvalue weighted by atomic mass is 16.5.